The Morgan fingerprint density at radius 2 is 2.16 bits per heavy atom. The van der Waals surface area contributed by atoms with E-state index < -0.39 is 0 Å². The summed E-state index contributed by atoms with van der Waals surface area (Å²) in [6.45, 7) is 1.86. The number of hydrogen-bond acceptors (Lipinski definition) is 4. The number of pyridine rings is 1. The Kier molecular flexibility index (Phi) is 3.66. The highest BCUT2D eigenvalue weighted by Gasteiger charge is 2.13. The minimum atomic E-state index is -0.257. The van der Waals surface area contributed by atoms with Crippen molar-refractivity contribution in [3.05, 3.63) is 47.8 Å². The number of ether oxygens (including phenoxy) is 1. The van der Waals surface area contributed by atoms with Gasteiger partial charge in [-0.2, -0.15) is 0 Å². The summed E-state index contributed by atoms with van der Waals surface area (Å²) >= 11 is 0. The van der Waals surface area contributed by atoms with Crippen molar-refractivity contribution in [3.8, 4) is 5.75 Å². The van der Waals surface area contributed by atoms with Crippen molar-refractivity contribution in [1.82, 2.24) is 4.98 Å². The SMILES string of the molecule is COc1cnccc1C(=O)Nc1cccc(N)c1C. The van der Waals surface area contributed by atoms with Crippen molar-refractivity contribution in [2.24, 2.45) is 0 Å². The monoisotopic (exact) mass is 257 g/mol. The predicted octanol–water partition coefficient (Wildman–Crippen LogP) is 2.23. The van der Waals surface area contributed by atoms with E-state index >= 15 is 0 Å². The number of rotatable bonds is 3. The van der Waals surface area contributed by atoms with Gasteiger partial charge >= 0.3 is 0 Å². The van der Waals surface area contributed by atoms with Gasteiger partial charge in [0, 0.05) is 17.6 Å². The topological polar surface area (TPSA) is 77.2 Å². The number of anilines is 2. The minimum Gasteiger partial charge on any atom is -0.494 e. The smallest absolute Gasteiger partial charge is 0.259 e. The van der Waals surface area contributed by atoms with Gasteiger partial charge in [0.2, 0.25) is 0 Å². The minimum absolute atomic E-state index is 0.257. The second-order valence-corrected chi connectivity index (χ2v) is 4.05. The summed E-state index contributed by atoms with van der Waals surface area (Å²) in [7, 11) is 1.50. The molecule has 5 heteroatoms. The zero-order chi connectivity index (χ0) is 13.8. The molecular weight excluding hydrogens is 242 g/mol. The molecule has 0 aliphatic heterocycles. The number of methoxy groups -OCH3 is 1. The lowest BCUT2D eigenvalue weighted by molar-refractivity contribution is 0.102. The van der Waals surface area contributed by atoms with E-state index in [1.54, 1.807) is 30.5 Å². The Balaban J connectivity index is 2.28. The lowest BCUT2D eigenvalue weighted by Gasteiger charge is -2.11. The third-order valence-corrected chi connectivity index (χ3v) is 2.87. The quantitative estimate of drug-likeness (QED) is 0.827. The van der Waals surface area contributed by atoms with Gasteiger partial charge in [-0.05, 0) is 30.7 Å². The number of carbonyl (C=O) groups excluding carboxylic acids is 1. The first kappa shape index (κ1) is 12.9. The van der Waals surface area contributed by atoms with Gasteiger partial charge in [0.05, 0.1) is 18.9 Å². The van der Waals surface area contributed by atoms with E-state index in [0.29, 0.717) is 22.7 Å². The van der Waals surface area contributed by atoms with Crippen LogP contribution in [0.1, 0.15) is 15.9 Å². The first-order valence-electron chi connectivity index (χ1n) is 5.78. The molecule has 1 heterocycles. The number of nitrogens with zero attached hydrogens (tertiary/aromatic N) is 1. The molecule has 2 rings (SSSR count). The molecule has 1 aromatic carbocycles. The van der Waals surface area contributed by atoms with Gasteiger partial charge < -0.3 is 15.8 Å². The summed E-state index contributed by atoms with van der Waals surface area (Å²) < 4.78 is 5.11. The van der Waals surface area contributed by atoms with E-state index in [0.717, 1.165) is 5.56 Å². The molecule has 1 amide bonds. The van der Waals surface area contributed by atoms with E-state index in [-0.39, 0.29) is 5.91 Å². The average molecular weight is 257 g/mol. The molecule has 0 fully saturated rings. The van der Waals surface area contributed by atoms with Crippen LogP contribution in [0.5, 0.6) is 5.75 Å². The van der Waals surface area contributed by atoms with Crippen molar-refractivity contribution in [2.45, 2.75) is 6.92 Å². The molecule has 0 saturated carbocycles. The number of hydrogen-bond donors (Lipinski definition) is 2. The highest BCUT2D eigenvalue weighted by Crippen LogP contribution is 2.23. The first-order chi connectivity index (χ1) is 9.13. The normalized spacial score (nSPS) is 10.0. The summed E-state index contributed by atoms with van der Waals surface area (Å²) in [6.07, 6.45) is 3.05. The fourth-order valence-corrected chi connectivity index (χ4v) is 1.71. The second-order valence-electron chi connectivity index (χ2n) is 4.05. The Bertz CT molecular complexity index is 611. The number of benzene rings is 1. The molecule has 0 spiro atoms. The van der Waals surface area contributed by atoms with Crippen LogP contribution in [0.15, 0.2) is 36.7 Å². The van der Waals surface area contributed by atoms with Crippen LogP contribution in [0.25, 0.3) is 0 Å². The average Bonchev–Trinajstić information content (AvgIpc) is 2.43. The highest BCUT2D eigenvalue weighted by molar-refractivity contribution is 6.06. The fraction of sp³-hybridized carbons (Fsp3) is 0.143. The zero-order valence-corrected chi connectivity index (χ0v) is 10.8. The molecular formula is C14H15N3O2. The molecule has 0 saturated heterocycles. The maximum absolute atomic E-state index is 12.2. The molecule has 5 nitrogen and oxygen atoms in total. The lowest BCUT2D eigenvalue weighted by atomic mass is 10.1. The molecule has 3 N–H and O–H groups in total. The summed E-state index contributed by atoms with van der Waals surface area (Å²) in [4.78, 5) is 16.1. The van der Waals surface area contributed by atoms with Crippen LogP contribution < -0.4 is 15.8 Å². The molecule has 0 bridgehead atoms. The van der Waals surface area contributed by atoms with Gasteiger partial charge in [0.15, 0.2) is 0 Å². The molecule has 0 aliphatic carbocycles. The molecule has 0 radical (unpaired) electrons. The summed E-state index contributed by atoms with van der Waals surface area (Å²) in [5.74, 6) is 0.175. The Hall–Kier alpha value is -2.56. The molecule has 1 aromatic heterocycles. The number of nitrogen functional groups attached to an aromatic ring is 1. The number of aromatic nitrogens is 1. The number of amides is 1. The van der Waals surface area contributed by atoms with Crippen LogP contribution >= 0.6 is 0 Å². The summed E-state index contributed by atoms with van der Waals surface area (Å²) in [6, 6.07) is 6.99. The van der Waals surface area contributed by atoms with Gasteiger partial charge in [-0.1, -0.05) is 6.07 Å². The molecule has 2 aromatic rings. The molecule has 19 heavy (non-hydrogen) atoms. The lowest BCUT2D eigenvalue weighted by Crippen LogP contribution is -2.14. The second kappa shape index (κ2) is 5.39. The van der Waals surface area contributed by atoms with Gasteiger partial charge in [0.25, 0.3) is 5.91 Å². The van der Waals surface area contributed by atoms with E-state index in [2.05, 4.69) is 10.3 Å². The molecule has 0 aliphatic rings. The van der Waals surface area contributed by atoms with Gasteiger partial charge in [-0.25, -0.2) is 0 Å². The Morgan fingerprint density at radius 3 is 2.89 bits per heavy atom. The van der Waals surface area contributed by atoms with Crippen molar-refractivity contribution in [1.29, 1.82) is 0 Å². The number of nitrogens with two attached hydrogens (primary N) is 1. The Morgan fingerprint density at radius 1 is 1.37 bits per heavy atom. The first-order valence-corrected chi connectivity index (χ1v) is 5.78. The van der Waals surface area contributed by atoms with Crippen LogP contribution in [-0.4, -0.2) is 18.0 Å². The standard InChI is InChI=1S/C14H15N3O2/c1-9-11(15)4-3-5-12(9)17-14(18)10-6-7-16-8-13(10)19-2/h3-8H,15H2,1-2H3,(H,17,18). The number of carbonyl (C=O) groups is 1. The van der Waals surface area contributed by atoms with Crippen molar-refractivity contribution >= 4 is 17.3 Å². The summed E-state index contributed by atoms with van der Waals surface area (Å²) in [5.41, 5.74) is 8.39. The fourth-order valence-electron chi connectivity index (χ4n) is 1.71. The van der Waals surface area contributed by atoms with Gasteiger partial charge in [-0.15, -0.1) is 0 Å². The van der Waals surface area contributed by atoms with Crippen LogP contribution in [-0.2, 0) is 0 Å². The summed E-state index contributed by atoms with van der Waals surface area (Å²) in [5, 5.41) is 2.82. The molecule has 0 unspecified atom stereocenters. The van der Waals surface area contributed by atoms with E-state index in [9.17, 15) is 4.79 Å². The maximum atomic E-state index is 12.2. The number of nitrogens with one attached hydrogen (secondary N) is 1. The third kappa shape index (κ3) is 2.65. The van der Waals surface area contributed by atoms with Crippen molar-refractivity contribution in [2.75, 3.05) is 18.2 Å². The van der Waals surface area contributed by atoms with E-state index in [1.165, 1.54) is 13.3 Å². The van der Waals surface area contributed by atoms with Crippen LogP contribution in [0.3, 0.4) is 0 Å². The van der Waals surface area contributed by atoms with Gasteiger partial charge in [-0.3, -0.25) is 9.78 Å². The van der Waals surface area contributed by atoms with E-state index in [4.69, 9.17) is 10.5 Å². The van der Waals surface area contributed by atoms with Gasteiger partial charge in [0.1, 0.15) is 5.75 Å². The largest absolute Gasteiger partial charge is 0.494 e. The van der Waals surface area contributed by atoms with E-state index in [1.807, 2.05) is 6.92 Å². The van der Waals surface area contributed by atoms with Crippen molar-refractivity contribution in [3.63, 3.8) is 0 Å². The molecule has 0 atom stereocenters. The third-order valence-electron chi connectivity index (χ3n) is 2.87. The zero-order valence-electron chi connectivity index (χ0n) is 10.8. The Labute approximate surface area is 111 Å². The highest BCUT2D eigenvalue weighted by atomic mass is 16.5. The van der Waals surface area contributed by atoms with Crippen LogP contribution in [0.2, 0.25) is 0 Å². The predicted molar refractivity (Wildman–Crippen MR) is 74.3 cm³/mol. The van der Waals surface area contributed by atoms with Crippen molar-refractivity contribution < 1.29 is 9.53 Å². The van der Waals surface area contributed by atoms with Crippen LogP contribution in [0, 0.1) is 6.92 Å². The molecule has 98 valence electrons. The van der Waals surface area contributed by atoms with Crippen LogP contribution in [0.4, 0.5) is 11.4 Å². The maximum Gasteiger partial charge on any atom is 0.259 e.